The van der Waals surface area contributed by atoms with Crippen molar-refractivity contribution in [1.29, 1.82) is 0 Å². The molecule has 5 nitrogen and oxygen atoms in total. The average Bonchev–Trinajstić information content (AvgIpc) is 3.42. The topological polar surface area (TPSA) is 66.5 Å². The van der Waals surface area contributed by atoms with E-state index in [1.54, 1.807) is 0 Å². The largest absolute Gasteiger partial charge is 0.418 e. The number of hydrogen-bond donors (Lipinski definition) is 1. The summed E-state index contributed by atoms with van der Waals surface area (Å²) in [4.78, 5) is 38.9. The van der Waals surface area contributed by atoms with Gasteiger partial charge in [-0.15, -0.1) is 0 Å². The van der Waals surface area contributed by atoms with Crippen molar-refractivity contribution in [3.8, 4) is 0 Å². The minimum atomic E-state index is -4.62. The minimum Gasteiger partial charge on any atom is -0.324 e. The molecule has 4 aliphatic carbocycles. The van der Waals surface area contributed by atoms with E-state index >= 15 is 0 Å². The first-order valence-electron chi connectivity index (χ1n) is 9.27. The van der Waals surface area contributed by atoms with Crippen LogP contribution in [0.1, 0.15) is 12.0 Å². The summed E-state index contributed by atoms with van der Waals surface area (Å²) < 4.78 is 39.3. The van der Waals surface area contributed by atoms with E-state index in [1.807, 2.05) is 12.2 Å². The predicted molar refractivity (Wildman–Crippen MR) is 91.5 cm³/mol. The first kappa shape index (κ1) is 17.5. The number of allylic oxidation sites excluding steroid dienone is 2. The van der Waals surface area contributed by atoms with Gasteiger partial charge >= 0.3 is 6.18 Å². The van der Waals surface area contributed by atoms with E-state index in [1.165, 1.54) is 12.1 Å². The SMILES string of the molecule is O=C(CN1C(=O)[C@@H]2[C@H]3C=C[C@@H]([C@@H]4C[C@@H]34)[C@H]2C1=O)Nc1ccccc1C(F)(F)F. The number of nitrogens with one attached hydrogen (secondary N) is 1. The zero-order valence-electron chi connectivity index (χ0n) is 14.6. The first-order chi connectivity index (χ1) is 13.3. The van der Waals surface area contributed by atoms with Crippen molar-refractivity contribution in [2.45, 2.75) is 12.6 Å². The molecule has 1 aliphatic heterocycles. The molecule has 2 saturated carbocycles. The number of likely N-dealkylation sites (tertiary alicyclic amines) is 1. The molecule has 1 heterocycles. The Kier molecular flexibility index (Phi) is 3.54. The molecular weight excluding hydrogens is 373 g/mol. The summed E-state index contributed by atoms with van der Waals surface area (Å²) in [6.07, 6.45) is 0.456. The number of amides is 3. The molecular formula is C20H17F3N2O3. The molecule has 3 fully saturated rings. The zero-order chi connectivity index (χ0) is 19.8. The monoisotopic (exact) mass is 390 g/mol. The molecule has 28 heavy (non-hydrogen) atoms. The van der Waals surface area contributed by atoms with Gasteiger partial charge in [0.2, 0.25) is 17.7 Å². The van der Waals surface area contributed by atoms with Gasteiger partial charge in [0.1, 0.15) is 6.54 Å². The molecule has 6 atom stereocenters. The van der Waals surface area contributed by atoms with Gasteiger partial charge in [-0.1, -0.05) is 24.3 Å². The number of imide groups is 1. The lowest BCUT2D eigenvalue weighted by atomic mass is 9.63. The van der Waals surface area contributed by atoms with Crippen molar-refractivity contribution in [2.24, 2.45) is 35.5 Å². The second kappa shape index (κ2) is 5.68. The van der Waals surface area contributed by atoms with Crippen LogP contribution in [-0.4, -0.2) is 29.2 Å². The van der Waals surface area contributed by atoms with Crippen molar-refractivity contribution in [3.63, 3.8) is 0 Å². The van der Waals surface area contributed by atoms with Crippen molar-refractivity contribution in [2.75, 3.05) is 11.9 Å². The number of nitrogens with zero attached hydrogens (tertiary/aromatic N) is 1. The van der Waals surface area contributed by atoms with E-state index in [9.17, 15) is 27.6 Å². The van der Waals surface area contributed by atoms with Gasteiger partial charge in [-0.2, -0.15) is 13.2 Å². The van der Waals surface area contributed by atoms with Crippen molar-refractivity contribution >= 4 is 23.4 Å². The van der Waals surface area contributed by atoms with Gasteiger partial charge in [-0.05, 0) is 42.2 Å². The Bertz CT molecular complexity index is 890. The van der Waals surface area contributed by atoms with Gasteiger partial charge in [0.15, 0.2) is 0 Å². The number of carbonyl (C=O) groups is 3. The van der Waals surface area contributed by atoms with Crippen LogP contribution in [0.25, 0.3) is 0 Å². The fourth-order valence-corrected chi connectivity index (χ4v) is 5.35. The number of para-hydroxylation sites is 1. The second-order valence-electron chi connectivity index (χ2n) is 8.01. The summed E-state index contributed by atoms with van der Waals surface area (Å²) in [5.74, 6) is -1.46. The highest BCUT2D eigenvalue weighted by molar-refractivity contribution is 6.09. The fraction of sp³-hybridized carbons (Fsp3) is 0.450. The summed E-state index contributed by atoms with van der Waals surface area (Å²) in [5.41, 5.74) is -1.36. The van der Waals surface area contributed by atoms with Crippen LogP contribution < -0.4 is 5.32 Å². The van der Waals surface area contributed by atoms with E-state index in [2.05, 4.69) is 5.32 Å². The van der Waals surface area contributed by atoms with Crippen LogP contribution >= 0.6 is 0 Å². The van der Waals surface area contributed by atoms with Gasteiger partial charge in [-0.25, -0.2) is 0 Å². The molecule has 0 unspecified atom stereocenters. The van der Waals surface area contributed by atoms with Gasteiger partial charge in [0.25, 0.3) is 0 Å². The molecule has 6 rings (SSSR count). The number of alkyl halides is 3. The molecule has 1 N–H and O–H groups in total. The third kappa shape index (κ3) is 2.43. The molecule has 8 heteroatoms. The molecule has 1 aromatic rings. The van der Waals surface area contributed by atoms with E-state index in [-0.39, 0.29) is 29.3 Å². The van der Waals surface area contributed by atoms with Crippen LogP contribution in [0.4, 0.5) is 18.9 Å². The second-order valence-corrected chi connectivity index (χ2v) is 8.01. The highest BCUT2D eigenvalue weighted by atomic mass is 19.4. The average molecular weight is 390 g/mol. The summed E-state index contributed by atoms with van der Waals surface area (Å²) in [7, 11) is 0. The Labute approximate surface area is 158 Å². The Hall–Kier alpha value is -2.64. The summed E-state index contributed by atoms with van der Waals surface area (Å²) in [5, 5.41) is 2.20. The molecule has 1 saturated heterocycles. The van der Waals surface area contributed by atoms with E-state index in [0.717, 1.165) is 23.5 Å². The fourth-order valence-electron chi connectivity index (χ4n) is 5.35. The maximum atomic E-state index is 13.1. The highest BCUT2D eigenvalue weighted by Crippen LogP contribution is 2.65. The Morgan fingerprint density at radius 2 is 1.61 bits per heavy atom. The van der Waals surface area contributed by atoms with Crippen molar-refractivity contribution in [3.05, 3.63) is 42.0 Å². The molecule has 0 aromatic heterocycles. The predicted octanol–water partition coefficient (Wildman–Crippen LogP) is 2.70. The number of carbonyl (C=O) groups excluding carboxylic acids is 3. The molecule has 2 bridgehead atoms. The molecule has 1 aromatic carbocycles. The van der Waals surface area contributed by atoms with Crippen LogP contribution in [0.3, 0.4) is 0 Å². The Morgan fingerprint density at radius 1 is 1.04 bits per heavy atom. The lowest BCUT2D eigenvalue weighted by molar-refractivity contribution is -0.143. The number of rotatable bonds is 3. The Morgan fingerprint density at radius 3 is 2.18 bits per heavy atom. The number of halogens is 3. The summed E-state index contributed by atoms with van der Waals surface area (Å²) in [6.45, 7) is -0.564. The maximum absolute atomic E-state index is 13.1. The van der Waals surface area contributed by atoms with Crippen LogP contribution in [0.2, 0.25) is 0 Å². The van der Waals surface area contributed by atoms with E-state index in [4.69, 9.17) is 0 Å². The number of hydrogen-bond acceptors (Lipinski definition) is 3. The van der Waals surface area contributed by atoms with Crippen LogP contribution in [0, 0.1) is 35.5 Å². The van der Waals surface area contributed by atoms with Crippen LogP contribution in [0.15, 0.2) is 36.4 Å². The van der Waals surface area contributed by atoms with Gasteiger partial charge in [0, 0.05) is 0 Å². The summed E-state index contributed by atoms with van der Waals surface area (Å²) >= 11 is 0. The smallest absolute Gasteiger partial charge is 0.324 e. The lowest BCUT2D eigenvalue weighted by Gasteiger charge is -2.37. The van der Waals surface area contributed by atoms with Crippen LogP contribution in [-0.2, 0) is 20.6 Å². The van der Waals surface area contributed by atoms with E-state index in [0.29, 0.717) is 11.8 Å². The molecule has 5 aliphatic rings. The Balaban J connectivity index is 1.33. The molecule has 146 valence electrons. The van der Waals surface area contributed by atoms with Gasteiger partial charge < -0.3 is 5.32 Å². The van der Waals surface area contributed by atoms with Crippen molar-refractivity contribution < 1.29 is 27.6 Å². The number of benzene rings is 1. The van der Waals surface area contributed by atoms with Gasteiger partial charge in [0.05, 0.1) is 23.1 Å². The lowest BCUT2D eigenvalue weighted by Crippen LogP contribution is -2.40. The highest BCUT2D eigenvalue weighted by Gasteiger charge is 2.67. The standard InChI is InChI=1S/C20H17F3N2O3/c21-20(22,23)13-3-1-2-4-14(13)24-15(26)8-25-18(27)16-9-5-6-10(12-7-11(9)12)17(16)19(25)28/h1-6,9-12,16-17H,7-8H2,(H,24,26)/t9-,10-,11-,12-,16+,17+/m0/s1. The molecule has 0 spiro atoms. The normalized spacial score (nSPS) is 35.0. The summed E-state index contributed by atoms with van der Waals surface area (Å²) in [6, 6.07) is 4.61. The van der Waals surface area contributed by atoms with E-state index < -0.39 is 36.0 Å². The molecule has 3 amide bonds. The zero-order valence-corrected chi connectivity index (χ0v) is 14.6. The third-order valence-corrected chi connectivity index (χ3v) is 6.56. The van der Waals surface area contributed by atoms with Gasteiger partial charge in [-0.3, -0.25) is 19.3 Å². The minimum absolute atomic E-state index is 0.0375. The third-order valence-electron chi connectivity index (χ3n) is 6.56. The van der Waals surface area contributed by atoms with Crippen LogP contribution in [0.5, 0.6) is 0 Å². The molecule has 0 radical (unpaired) electrons. The first-order valence-corrected chi connectivity index (χ1v) is 9.27. The van der Waals surface area contributed by atoms with Crippen molar-refractivity contribution in [1.82, 2.24) is 4.90 Å². The number of anilines is 1. The quantitative estimate of drug-likeness (QED) is 0.638. The maximum Gasteiger partial charge on any atom is 0.418 e.